The lowest BCUT2D eigenvalue weighted by molar-refractivity contribution is -0.142. The fourth-order valence-corrected chi connectivity index (χ4v) is 7.59. The molecule has 0 radical (unpaired) electrons. The van der Waals surface area contributed by atoms with Gasteiger partial charge >= 0.3 is 12.2 Å². The monoisotopic (exact) mass is 763 g/mol. The van der Waals surface area contributed by atoms with E-state index in [1.54, 1.807) is 0 Å². The Labute approximate surface area is 325 Å². The van der Waals surface area contributed by atoms with Crippen molar-refractivity contribution in [1.82, 2.24) is 20.6 Å². The molecule has 2 saturated carbocycles. The SMILES string of the molecule is CC(C)(C)Cc1cnc2c(c1)[C@@H](NC(=O)OC(C)(C)C)CC1(CC(=NO)C1)O2.CC(C)(C)Cc1cnc2c(c1)[C@@H](NC(=O)OC(C)(C)C)CC1(CC(=O)C1)O2. The van der Waals surface area contributed by atoms with Crippen molar-refractivity contribution in [2.75, 3.05) is 0 Å². The molecule has 55 heavy (non-hydrogen) atoms. The van der Waals surface area contributed by atoms with Crippen LogP contribution >= 0.6 is 0 Å². The number of fused-ring (bicyclic) bond motifs is 2. The normalized spacial score (nSPS) is 22.6. The fraction of sp³-hybridized carbons (Fsp3) is 0.667. The van der Waals surface area contributed by atoms with Crippen LogP contribution in [0.25, 0.3) is 0 Å². The van der Waals surface area contributed by atoms with Crippen molar-refractivity contribution in [3.63, 3.8) is 0 Å². The number of amides is 2. The molecule has 3 N–H and O–H groups in total. The van der Waals surface area contributed by atoms with Crippen molar-refractivity contribution in [2.45, 2.75) is 169 Å². The highest BCUT2D eigenvalue weighted by molar-refractivity contribution is 5.92. The molecule has 2 aromatic rings. The minimum Gasteiger partial charge on any atom is -0.470 e. The van der Waals surface area contributed by atoms with Crippen LogP contribution in [0.15, 0.2) is 29.7 Å². The number of aromatic nitrogens is 2. The predicted octanol–water partition coefficient (Wildman–Crippen LogP) is 8.50. The van der Waals surface area contributed by atoms with Gasteiger partial charge in [0.1, 0.15) is 28.2 Å². The quantitative estimate of drug-likeness (QED) is 0.203. The summed E-state index contributed by atoms with van der Waals surface area (Å²) in [4.78, 5) is 45.5. The number of alkyl carbamates (subject to hydrolysis) is 2. The summed E-state index contributed by atoms with van der Waals surface area (Å²) < 4.78 is 23.2. The van der Waals surface area contributed by atoms with Crippen LogP contribution in [0.3, 0.4) is 0 Å². The number of pyridine rings is 2. The highest BCUT2D eigenvalue weighted by Crippen LogP contribution is 2.49. The zero-order valence-corrected chi connectivity index (χ0v) is 34.8. The molecule has 4 aliphatic rings. The molecule has 2 aromatic heterocycles. The lowest BCUT2D eigenvalue weighted by Gasteiger charge is -2.47. The van der Waals surface area contributed by atoms with E-state index in [1.165, 1.54) is 0 Å². The molecular weight excluding hydrogens is 702 g/mol. The van der Waals surface area contributed by atoms with Crippen molar-refractivity contribution in [3.8, 4) is 11.8 Å². The first-order chi connectivity index (χ1) is 25.2. The van der Waals surface area contributed by atoms with E-state index in [2.05, 4.69) is 79.4 Å². The van der Waals surface area contributed by atoms with Gasteiger partial charge in [-0.3, -0.25) is 4.79 Å². The Bertz CT molecular complexity index is 1800. The third-order valence-corrected chi connectivity index (χ3v) is 9.48. The zero-order chi connectivity index (χ0) is 40.8. The lowest BCUT2D eigenvalue weighted by Crippen LogP contribution is -2.54. The Morgan fingerprint density at radius 2 is 1.11 bits per heavy atom. The standard InChI is InChI=1S/C21H31N3O4.C21H30N2O4/c1-19(2,3)8-13-7-15-16(23-18(25)28-20(4,5)6)11-21(9-14(10-21)24-26)27-17(15)22-12-13;1-19(2,3)8-13-7-15-16(23-18(25)27-20(4,5)6)11-21(9-14(24)10-21)26-17(15)22-12-13/h7,12,16,26H,8-11H2,1-6H3,(H,23,25);7,12,16H,8-11H2,1-6H3,(H,23,25)/t16-,21?;16-/m00/s1. The summed E-state index contributed by atoms with van der Waals surface area (Å²) in [6, 6.07) is 3.57. The molecule has 302 valence electrons. The first-order valence-corrected chi connectivity index (χ1v) is 19.3. The summed E-state index contributed by atoms with van der Waals surface area (Å²) >= 11 is 0. The summed E-state index contributed by atoms with van der Waals surface area (Å²) in [5.41, 5.74) is 2.68. The average molecular weight is 764 g/mol. The summed E-state index contributed by atoms with van der Waals surface area (Å²) in [5.74, 6) is 1.22. The van der Waals surface area contributed by atoms with Crippen LogP contribution in [0.5, 0.6) is 11.8 Å². The summed E-state index contributed by atoms with van der Waals surface area (Å²) in [7, 11) is 0. The zero-order valence-electron chi connectivity index (χ0n) is 34.8. The summed E-state index contributed by atoms with van der Waals surface area (Å²) in [6.07, 6.45) is 7.40. The van der Waals surface area contributed by atoms with Gasteiger partial charge < -0.3 is 34.8 Å². The second-order valence-electron chi connectivity index (χ2n) is 20.2. The van der Waals surface area contributed by atoms with E-state index in [1.807, 2.05) is 53.9 Å². The van der Waals surface area contributed by atoms with Crippen molar-refractivity contribution >= 4 is 23.7 Å². The van der Waals surface area contributed by atoms with E-state index >= 15 is 0 Å². The number of carbonyl (C=O) groups excluding carboxylic acids is 3. The maximum absolute atomic E-state index is 12.4. The second kappa shape index (κ2) is 14.9. The predicted molar refractivity (Wildman–Crippen MR) is 208 cm³/mol. The van der Waals surface area contributed by atoms with Crippen LogP contribution < -0.4 is 20.1 Å². The maximum atomic E-state index is 12.4. The topological polar surface area (TPSA) is 171 Å². The van der Waals surface area contributed by atoms with Gasteiger partial charge in [0.25, 0.3) is 0 Å². The average Bonchev–Trinajstić information content (AvgIpc) is 2.96. The smallest absolute Gasteiger partial charge is 0.408 e. The van der Waals surface area contributed by atoms with Gasteiger partial charge in [0.2, 0.25) is 11.8 Å². The van der Waals surface area contributed by atoms with Gasteiger partial charge in [-0.25, -0.2) is 19.6 Å². The van der Waals surface area contributed by atoms with Crippen LogP contribution in [0.2, 0.25) is 0 Å². The van der Waals surface area contributed by atoms with Crippen molar-refractivity contribution in [2.24, 2.45) is 16.0 Å². The van der Waals surface area contributed by atoms with E-state index < -0.39 is 34.6 Å². The Hall–Kier alpha value is -4.42. The Kier molecular flexibility index (Phi) is 11.3. The highest BCUT2D eigenvalue weighted by Gasteiger charge is 2.52. The number of ether oxygens (including phenoxy) is 4. The Morgan fingerprint density at radius 3 is 1.44 bits per heavy atom. The van der Waals surface area contributed by atoms with Gasteiger partial charge in [0, 0.05) is 62.0 Å². The number of carbonyl (C=O) groups is 3. The van der Waals surface area contributed by atoms with Crippen LogP contribution in [0.4, 0.5) is 9.59 Å². The molecule has 6 rings (SSSR count). The molecule has 2 spiro atoms. The van der Waals surface area contributed by atoms with Gasteiger partial charge in [-0.15, -0.1) is 0 Å². The lowest BCUT2D eigenvalue weighted by atomic mass is 9.71. The highest BCUT2D eigenvalue weighted by atomic mass is 16.6. The third-order valence-electron chi connectivity index (χ3n) is 9.48. The Morgan fingerprint density at radius 1 is 0.727 bits per heavy atom. The molecule has 2 aliphatic carbocycles. The number of oxime groups is 1. The van der Waals surface area contributed by atoms with Gasteiger partial charge in [-0.1, -0.05) is 46.7 Å². The molecule has 2 amide bonds. The van der Waals surface area contributed by atoms with E-state index in [9.17, 15) is 14.4 Å². The molecular formula is C42H61N5O8. The van der Waals surface area contributed by atoms with Gasteiger partial charge in [0.15, 0.2) is 0 Å². The van der Waals surface area contributed by atoms with Crippen LogP contribution in [-0.2, 0) is 27.1 Å². The van der Waals surface area contributed by atoms with E-state index in [0.717, 1.165) is 35.1 Å². The molecule has 0 bridgehead atoms. The van der Waals surface area contributed by atoms with Crippen molar-refractivity contribution in [1.29, 1.82) is 0 Å². The van der Waals surface area contributed by atoms with Gasteiger partial charge in [0.05, 0.1) is 17.8 Å². The van der Waals surface area contributed by atoms with Gasteiger partial charge in [-0.2, -0.15) is 0 Å². The van der Waals surface area contributed by atoms with Gasteiger partial charge in [-0.05, 0) is 88.5 Å². The largest absolute Gasteiger partial charge is 0.470 e. The maximum Gasteiger partial charge on any atom is 0.408 e. The molecule has 0 saturated heterocycles. The first kappa shape index (κ1) is 41.7. The number of hydrogen-bond donors (Lipinski definition) is 3. The second-order valence-corrected chi connectivity index (χ2v) is 20.2. The van der Waals surface area contributed by atoms with E-state index in [0.29, 0.717) is 56.0 Å². The van der Waals surface area contributed by atoms with Crippen LogP contribution in [0.1, 0.15) is 156 Å². The number of Topliss-reactive ketones (excluding diaryl/α,β-unsaturated/α-hetero) is 1. The molecule has 13 heteroatoms. The van der Waals surface area contributed by atoms with E-state index in [4.69, 9.17) is 24.2 Å². The molecule has 13 nitrogen and oxygen atoms in total. The third kappa shape index (κ3) is 11.3. The number of nitrogens with zero attached hydrogens (tertiary/aromatic N) is 3. The molecule has 0 aromatic carbocycles. The Balaban J connectivity index is 0.000000211. The minimum absolute atomic E-state index is 0.126. The molecule has 2 aliphatic heterocycles. The molecule has 4 heterocycles. The minimum atomic E-state index is -0.575. The number of rotatable bonds is 4. The van der Waals surface area contributed by atoms with Crippen molar-refractivity contribution < 1.29 is 38.5 Å². The fourth-order valence-electron chi connectivity index (χ4n) is 7.59. The van der Waals surface area contributed by atoms with Crippen LogP contribution in [-0.4, -0.2) is 61.3 Å². The first-order valence-electron chi connectivity index (χ1n) is 19.3. The molecule has 2 atom stereocenters. The summed E-state index contributed by atoms with van der Waals surface area (Å²) in [5, 5.41) is 18.3. The van der Waals surface area contributed by atoms with Crippen molar-refractivity contribution in [3.05, 3.63) is 46.8 Å². The van der Waals surface area contributed by atoms with Crippen LogP contribution in [0, 0.1) is 10.8 Å². The number of ketones is 1. The van der Waals surface area contributed by atoms with E-state index in [-0.39, 0.29) is 28.7 Å². The number of hydrogen-bond acceptors (Lipinski definition) is 11. The number of nitrogens with one attached hydrogen (secondary N) is 2. The molecule has 0 unspecified atom stereocenters. The molecule has 2 fully saturated rings. The summed E-state index contributed by atoms with van der Waals surface area (Å²) in [6.45, 7) is 24.1.